The molecular formula is C24H25BrN4O2. The predicted octanol–water partition coefficient (Wildman–Crippen LogP) is 5.63. The summed E-state index contributed by atoms with van der Waals surface area (Å²) in [4.78, 5) is 29.6. The minimum absolute atomic E-state index is 0.278. The van der Waals surface area contributed by atoms with E-state index in [2.05, 4.69) is 50.7 Å². The number of rotatable bonds is 6. The van der Waals surface area contributed by atoms with Crippen molar-refractivity contribution in [3.8, 4) is 0 Å². The van der Waals surface area contributed by atoms with Crippen LogP contribution in [0.4, 0.5) is 17.2 Å². The molecule has 0 unspecified atom stereocenters. The van der Waals surface area contributed by atoms with E-state index in [1.165, 1.54) is 6.20 Å². The van der Waals surface area contributed by atoms with E-state index in [4.69, 9.17) is 0 Å². The molecule has 6 nitrogen and oxygen atoms in total. The fourth-order valence-corrected chi connectivity index (χ4v) is 3.55. The summed E-state index contributed by atoms with van der Waals surface area (Å²) in [6.07, 6.45) is 1.48. The molecule has 160 valence electrons. The normalized spacial score (nSPS) is 10.6. The minimum atomic E-state index is -0.285. The molecule has 0 fully saturated rings. The highest BCUT2D eigenvalue weighted by Crippen LogP contribution is 2.28. The number of halogens is 1. The lowest BCUT2D eigenvalue weighted by Crippen LogP contribution is -2.20. The lowest BCUT2D eigenvalue weighted by molar-refractivity contribution is 0.0961. The van der Waals surface area contributed by atoms with Crippen molar-refractivity contribution in [2.45, 2.75) is 26.7 Å². The monoisotopic (exact) mass is 480 g/mol. The highest BCUT2D eigenvalue weighted by atomic mass is 79.9. The highest BCUT2D eigenvalue weighted by molar-refractivity contribution is 9.10. The average molecular weight is 481 g/mol. The number of aryl methyl sites for hydroxylation is 1. The smallest absolute Gasteiger partial charge is 0.255 e. The first-order valence-corrected chi connectivity index (χ1v) is 10.7. The van der Waals surface area contributed by atoms with Gasteiger partial charge in [-0.2, -0.15) is 0 Å². The number of aromatic nitrogens is 1. The SMILES string of the molecule is CNC(=O)c1cnc(Nc2ccccc2C)c(NC(=O)c2cc(Br)cc(C(C)C)c2)c1. The Bertz CT molecular complexity index is 1130. The molecule has 0 bridgehead atoms. The molecule has 1 heterocycles. The van der Waals surface area contributed by atoms with Crippen LogP contribution >= 0.6 is 15.9 Å². The molecular weight excluding hydrogens is 456 g/mol. The van der Waals surface area contributed by atoms with Gasteiger partial charge < -0.3 is 16.0 Å². The zero-order valence-corrected chi connectivity index (χ0v) is 19.5. The third-order valence-electron chi connectivity index (χ3n) is 4.87. The topological polar surface area (TPSA) is 83.1 Å². The lowest BCUT2D eigenvalue weighted by atomic mass is 10.0. The van der Waals surface area contributed by atoms with Crippen LogP contribution < -0.4 is 16.0 Å². The van der Waals surface area contributed by atoms with Gasteiger partial charge in [-0.05, 0) is 54.3 Å². The number of pyridine rings is 1. The molecule has 0 aliphatic carbocycles. The molecule has 3 N–H and O–H groups in total. The molecule has 31 heavy (non-hydrogen) atoms. The van der Waals surface area contributed by atoms with Crippen molar-refractivity contribution in [2.24, 2.45) is 0 Å². The molecule has 0 saturated heterocycles. The predicted molar refractivity (Wildman–Crippen MR) is 128 cm³/mol. The van der Waals surface area contributed by atoms with Crippen LogP contribution in [-0.4, -0.2) is 23.8 Å². The number of nitrogens with zero attached hydrogens (tertiary/aromatic N) is 1. The number of anilines is 3. The molecule has 2 aromatic carbocycles. The van der Waals surface area contributed by atoms with Crippen molar-refractivity contribution in [2.75, 3.05) is 17.7 Å². The van der Waals surface area contributed by atoms with Crippen LogP contribution in [0.3, 0.4) is 0 Å². The first-order valence-electron chi connectivity index (χ1n) is 9.95. The van der Waals surface area contributed by atoms with Crippen molar-refractivity contribution in [1.29, 1.82) is 0 Å². The number of nitrogens with one attached hydrogen (secondary N) is 3. The third-order valence-corrected chi connectivity index (χ3v) is 5.33. The second-order valence-corrected chi connectivity index (χ2v) is 8.44. The zero-order chi connectivity index (χ0) is 22.5. The van der Waals surface area contributed by atoms with Gasteiger partial charge in [0.25, 0.3) is 11.8 Å². The molecule has 0 spiro atoms. The summed E-state index contributed by atoms with van der Waals surface area (Å²) in [6, 6.07) is 15.0. The van der Waals surface area contributed by atoms with Crippen molar-refractivity contribution in [1.82, 2.24) is 10.3 Å². The van der Waals surface area contributed by atoms with Crippen LogP contribution in [0.25, 0.3) is 0 Å². The van der Waals surface area contributed by atoms with Crippen molar-refractivity contribution >= 4 is 44.9 Å². The Hall–Kier alpha value is -3.19. The van der Waals surface area contributed by atoms with Gasteiger partial charge in [0, 0.05) is 29.0 Å². The van der Waals surface area contributed by atoms with Crippen LogP contribution in [-0.2, 0) is 0 Å². The Morgan fingerprint density at radius 3 is 2.39 bits per heavy atom. The number of para-hydroxylation sites is 1. The quantitative estimate of drug-likeness (QED) is 0.426. The lowest BCUT2D eigenvalue weighted by Gasteiger charge is -2.15. The van der Waals surface area contributed by atoms with Gasteiger partial charge in [-0.15, -0.1) is 0 Å². The first-order chi connectivity index (χ1) is 14.8. The van der Waals surface area contributed by atoms with E-state index in [1.807, 2.05) is 43.3 Å². The van der Waals surface area contributed by atoms with E-state index in [0.29, 0.717) is 22.6 Å². The van der Waals surface area contributed by atoms with E-state index < -0.39 is 0 Å². The Balaban J connectivity index is 1.98. The number of benzene rings is 2. The molecule has 0 saturated carbocycles. The maximum absolute atomic E-state index is 13.1. The average Bonchev–Trinajstić information content (AvgIpc) is 2.75. The number of hydrogen-bond acceptors (Lipinski definition) is 4. The molecule has 0 aliphatic heterocycles. The minimum Gasteiger partial charge on any atom is -0.355 e. The van der Waals surface area contributed by atoms with Crippen LogP contribution in [0.1, 0.15) is 51.6 Å². The Labute approximate surface area is 190 Å². The van der Waals surface area contributed by atoms with Gasteiger partial charge in [0.05, 0.1) is 11.3 Å². The molecule has 3 rings (SSSR count). The fraction of sp³-hybridized carbons (Fsp3) is 0.208. The van der Waals surface area contributed by atoms with E-state index in [9.17, 15) is 9.59 Å². The summed E-state index contributed by atoms with van der Waals surface area (Å²) in [6.45, 7) is 6.13. The molecule has 1 aromatic heterocycles. The van der Waals surface area contributed by atoms with Gasteiger partial charge in [0.1, 0.15) is 0 Å². The Morgan fingerprint density at radius 2 is 1.71 bits per heavy atom. The number of carbonyl (C=O) groups excluding carboxylic acids is 2. The van der Waals surface area contributed by atoms with Gasteiger partial charge >= 0.3 is 0 Å². The Kier molecular flexibility index (Phi) is 7.07. The van der Waals surface area contributed by atoms with Gasteiger partial charge in [-0.25, -0.2) is 4.98 Å². The molecule has 3 aromatic rings. The number of carbonyl (C=O) groups is 2. The van der Waals surface area contributed by atoms with Crippen LogP contribution in [0, 0.1) is 6.92 Å². The second-order valence-electron chi connectivity index (χ2n) is 7.52. The maximum atomic E-state index is 13.1. The van der Waals surface area contributed by atoms with E-state index >= 15 is 0 Å². The van der Waals surface area contributed by atoms with Crippen LogP contribution in [0.15, 0.2) is 59.2 Å². The zero-order valence-electron chi connectivity index (χ0n) is 17.9. The van der Waals surface area contributed by atoms with Crippen molar-refractivity contribution < 1.29 is 9.59 Å². The van der Waals surface area contributed by atoms with Gasteiger partial charge in [0.2, 0.25) is 0 Å². The number of hydrogen-bond donors (Lipinski definition) is 3. The van der Waals surface area contributed by atoms with Crippen molar-refractivity contribution in [3.63, 3.8) is 0 Å². The van der Waals surface area contributed by atoms with Crippen LogP contribution in [0.5, 0.6) is 0 Å². The first kappa shape index (κ1) is 22.5. The molecule has 2 amide bonds. The molecule has 0 aliphatic rings. The molecule has 0 atom stereocenters. The summed E-state index contributed by atoms with van der Waals surface area (Å²) < 4.78 is 0.833. The van der Waals surface area contributed by atoms with Gasteiger partial charge in [-0.3, -0.25) is 9.59 Å². The molecule has 0 radical (unpaired) electrons. The Morgan fingerprint density at radius 1 is 0.968 bits per heavy atom. The van der Waals surface area contributed by atoms with E-state index in [-0.39, 0.29) is 17.7 Å². The number of amides is 2. The summed E-state index contributed by atoms with van der Waals surface area (Å²) >= 11 is 3.48. The van der Waals surface area contributed by atoms with Gasteiger partial charge in [-0.1, -0.05) is 48.0 Å². The summed E-state index contributed by atoms with van der Waals surface area (Å²) in [5.74, 6) is 0.164. The fourth-order valence-electron chi connectivity index (χ4n) is 3.04. The van der Waals surface area contributed by atoms with E-state index in [1.54, 1.807) is 19.2 Å². The highest BCUT2D eigenvalue weighted by Gasteiger charge is 2.16. The van der Waals surface area contributed by atoms with Crippen molar-refractivity contribution in [3.05, 3.63) is 81.5 Å². The third kappa shape index (κ3) is 5.49. The maximum Gasteiger partial charge on any atom is 0.255 e. The largest absolute Gasteiger partial charge is 0.355 e. The van der Waals surface area contributed by atoms with Gasteiger partial charge in [0.15, 0.2) is 5.82 Å². The summed E-state index contributed by atoms with van der Waals surface area (Å²) in [7, 11) is 1.55. The molecule has 7 heteroatoms. The standard InChI is InChI=1S/C24H25BrN4O2/c1-14(2)16-9-17(11-19(25)10-16)24(31)29-21-12-18(23(30)26-4)13-27-22(21)28-20-8-6-5-7-15(20)3/h5-14H,1-4H3,(H,26,30)(H,27,28)(H,29,31). The summed E-state index contributed by atoms with van der Waals surface area (Å²) in [5, 5.41) is 8.75. The second kappa shape index (κ2) is 9.75. The van der Waals surface area contributed by atoms with E-state index in [0.717, 1.165) is 21.3 Å². The summed E-state index contributed by atoms with van der Waals surface area (Å²) in [5.41, 5.74) is 4.24. The van der Waals surface area contributed by atoms with Crippen LogP contribution in [0.2, 0.25) is 0 Å².